The Balaban J connectivity index is 1.74. The fraction of sp³-hybridized carbons (Fsp3) is 0.115. The molecule has 3 aromatic rings. The fourth-order valence-corrected chi connectivity index (χ4v) is 3.68. The van der Waals surface area contributed by atoms with Gasteiger partial charge in [0.05, 0.1) is 24.9 Å². The molecule has 0 atom stereocenters. The number of amides is 3. The molecule has 2 N–H and O–H groups in total. The van der Waals surface area contributed by atoms with E-state index < -0.39 is 11.8 Å². The van der Waals surface area contributed by atoms with Gasteiger partial charge in [-0.25, -0.2) is 0 Å². The second kappa shape index (κ2) is 9.40. The number of carbonyl (C=O) groups is 3. The number of rotatable bonds is 7. The number of hydrogen-bond acceptors (Lipinski definition) is 5. The Morgan fingerprint density at radius 2 is 1.55 bits per heavy atom. The van der Waals surface area contributed by atoms with Gasteiger partial charge < -0.3 is 15.4 Å². The van der Waals surface area contributed by atoms with Gasteiger partial charge in [-0.3, -0.25) is 19.3 Å². The van der Waals surface area contributed by atoms with Crippen molar-refractivity contribution in [2.24, 2.45) is 0 Å². The Morgan fingerprint density at radius 1 is 0.879 bits per heavy atom. The molecule has 3 amide bonds. The molecule has 1 aliphatic heterocycles. The fourth-order valence-electron chi connectivity index (χ4n) is 3.68. The van der Waals surface area contributed by atoms with Crippen molar-refractivity contribution in [3.8, 4) is 5.75 Å². The number of carbonyl (C=O) groups excluding carboxylic acids is 3. The molecule has 0 fully saturated rings. The van der Waals surface area contributed by atoms with Crippen LogP contribution in [0, 0.1) is 0 Å². The molecule has 0 saturated carbocycles. The molecule has 166 valence electrons. The summed E-state index contributed by atoms with van der Waals surface area (Å²) in [4.78, 5) is 39.4. The number of para-hydroxylation sites is 2. The summed E-state index contributed by atoms with van der Waals surface area (Å²) in [6.45, 7) is 1.58. The van der Waals surface area contributed by atoms with Gasteiger partial charge in [-0.15, -0.1) is 0 Å². The quantitative estimate of drug-likeness (QED) is 0.540. The highest BCUT2D eigenvalue weighted by atomic mass is 16.5. The zero-order valence-electron chi connectivity index (χ0n) is 18.3. The molecule has 1 aliphatic rings. The molecule has 0 bridgehead atoms. The van der Waals surface area contributed by atoms with E-state index in [1.807, 2.05) is 42.5 Å². The minimum absolute atomic E-state index is 0.156. The van der Waals surface area contributed by atoms with Crippen molar-refractivity contribution >= 4 is 34.7 Å². The number of hydrogen-bond donors (Lipinski definition) is 2. The number of nitrogens with one attached hydrogen (secondary N) is 2. The van der Waals surface area contributed by atoms with E-state index in [4.69, 9.17) is 4.74 Å². The van der Waals surface area contributed by atoms with E-state index in [1.165, 1.54) is 11.8 Å². The first-order valence-electron chi connectivity index (χ1n) is 10.4. The summed E-state index contributed by atoms with van der Waals surface area (Å²) in [6.07, 6.45) is 0. The van der Waals surface area contributed by atoms with Gasteiger partial charge in [-0.05, 0) is 35.4 Å². The molecular weight excluding hydrogens is 418 g/mol. The second-order valence-corrected chi connectivity index (χ2v) is 7.52. The number of anilines is 2. The van der Waals surface area contributed by atoms with E-state index in [0.717, 1.165) is 5.56 Å². The summed E-state index contributed by atoms with van der Waals surface area (Å²) in [5, 5.41) is 5.83. The lowest BCUT2D eigenvalue weighted by atomic mass is 10.0. The monoisotopic (exact) mass is 441 g/mol. The summed E-state index contributed by atoms with van der Waals surface area (Å²) in [6, 6.07) is 23.4. The van der Waals surface area contributed by atoms with Gasteiger partial charge in [0, 0.05) is 12.6 Å². The Morgan fingerprint density at radius 3 is 2.21 bits per heavy atom. The third kappa shape index (κ3) is 4.62. The molecule has 33 heavy (non-hydrogen) atoms. The molecule has 4 rings (SSSR count). The van der Waals surface area contributed by atoms with E-state index >= 15 is 0 Å². The Labute approximate surface area is 191 Å². The average molecular weight is 441 g/mol. The normalized spacial score (nSPS) is 13.3. The minimum atomic E-state index is -0.421. The van der Waals surface area contributed by atoms with Crippen molar-refractivity contribution in [2.75, 3.05) is 17.7 Å². The average Bonchev–Trinajstić information content (AvgIpc) is 3.04. The maximum atomic E-state index is 13.4. The lowest BCUT2D eigenvalue weighted by molar-refractivity contribution is -0.137. The number of benzene rings is 3. The minimum Gasteiger partial charge on any atom is -0.495 e. The van der Waals surface area contributed by atoms with Gasteiger partial charge >= 0.3 is 0 Å². The summed E-state index contributed by atoms with van der Waals surface area (Å²) in [5.74, 6) is -0.460. The lowest BCUT2D eigenvalue weighted by Crippen LogP contribution is -2.32. The first-order chi connectivity index (χ1) is 16.0. The predicted molar refractivity (Wildman–Crippen MR) is 126 cm³/mol. The van der Waals surface area contributed by atoms with Crippen LogP contribution in [0.25, 0.3) is 5.57 Å². The highest BCUT2D eigenvalue weighted by molar-refractivity contribution is 6.36. The first-order valence-corrected chi connectivity index (χ1v) is 10.4. The second-order valence-electron chi connectivity index (χ2n) is 7.52. The van der Waals surface area contributed by atoms with Gasteiger partial charge in [0.25, 0.3) is 11.8 Å². The van der Waals surface area contributed by atoms with Crippen LogP contribution < -0.4 is 15.4 Å². The van der Waals surface area contributed by atoms with Crippen LogP contribution >= 0.6 is 0 Å². The van der Waals surface area contributed by atoms with Crippen molar-refractivity contribution < 1.29 is 19.1 Å². The van der Waals surface area contributed by atoms with Gasteiger partial charge in [0.1, 0.15) is 11.4 Å². The van der Waals surface area contributed by atoms with Crippen LogP contribution in [0.1, 0.15) is 18.1 Å². The zero-order valence-corrected chi connectivity index (χ0v) is 18.3. The van der Waals surface area contributed by atoms with Crippen molar-refractivity contribution in [2.45, 2.75) is 13.5 Å². The van der Waals surface area contributed by atoms with Crippen LogP contribution in [-0.4, -0.2) is 29.7 Å². The van der Waals surface area contributed by atoms with Crippen LogP contribution in [0.2, 0.25) is 0 Å². The number of nitrogens with zero attached hydrogens (tertiary/aromatic N) is 1. The maximum absolute atomic E-state index is 13.4. The standard InChI is InChI=1S/C26H23N3O4/c1-17(30)27-20-14-12-19(13-15-20)23-24(28-21-10-6-7-11-22(21)33-2)26(32)29(25(23)31)16-18-8-4-3-5-9-18/h3-15,28H,16H2,1-2H3,(H,27,30). The molecule has 3 aromatic carbocycles. The van der Waals surface area contributed by atoms with Gasteiger partial charge in [-0.1, -0.05) is 54.6 Å². The van der Waals surface area contributed by atoms with Crippen LogP contribution in [0.5, 0.6) is 5.75 Å². The van der Waals surface area contributed by atoms with Crippen LogP contribution in [0.3, 0.4) is 0 Å². The molecule has 0 saturated heterocycles. The summed E-state index contributed by atoms with van der Waals surface area (Å²) >= 11 is 0. The molecule has 1 heterocycles. The first kappa shape index (κ1) is 21.8. The van der Waals surface area contributed by atoms with E-state index in [1.54, 1.807) is 43.5 Å². The van der Waals surface area contributed by atoms with E-state index in [-0.39, 0.29) is 23.7 Å². The zero-order chi connectivity index (χ0) is 23.4. The molecule has 0 spiro atoms. The van der Waals surface area contributed by atoms with Crippen molar-refractivity contribution in [1.82, 2.24) is 4.90 Å². The summed E-state index contributed by atoms with van der Waals surface area (Å²) in [5.41, 5.74) is 3.02. The lowest BCUT2D eigenvalue weighted by Gasteiger charge is -2.16. The molecule has 0 radical (unpaired) electrons. The van der Waals surface area contributed by atoms with Crippen molar-refractivity contribution in [3.05, 3.63) is 95.7 Å². The van der Waals surface area contributed by atoms with Crippen molar-refractivity contribution in [1.29, 1.82) is 0 Å². The third-order valence-electron chi connectivity index (χ3n) is 5.21. The Kier molecular flexibility index (Phi) is 6.22. The van der Waals surface area contributed by atoms with E-state index in [2.05, 4.69) is 10.6 Å². The smallest absolute Gasteiger partial charge is 0.278 e. The maximum Gasteiger partial charge on any atom is 0.278 e. The SMILES string of the molecule is COc1ccccc1NC1=C(c2ccc(NC(C)=O)cc2)C(=O)N(Cc2ccccc2)C1=O. The third-order valence-corrected chi connectivity index (χ3v) is 5.21. The number of ether oxygens (including phenoxy) is 1. The van der Waals surface area contributed by atoms with E-state index in [0.29, 0.717) is 22.7 Å². The number of methoxy groups -OCH3 is 1. The van der Waals surface area contributed by atoms with E-state index in [9.17, 15) is 14.4 Å². The highest BCUT2D eigenvalue weighted by Gasteiger charge is 2.39. The van der Waals surface area contributed by atoms with Gasteiger partial charge in [0.2, 0.25) is 5.91 Å². The van der Waals surface area contributed by atoms with Crippen molar-refractivity contribution in [3.63, 3.8) is 0 Å². The Bertz CT molecular complexity index is 1230. The number of imide groups is 1. The Hall–Kier alpha value is -4.39. The van der Waals surface area contributed by atoms with Crippen LogP contribution in [0.15, 0.2) is 84.6 Å². The van der Waals surface area contributed by atoms with Crippen LogP contribution in [-0.2, 0) is 20.9 Å². The molecule has 0 aromatic heterocycles. The molecular formula is C26H23N3O4. The largest absolute Gasteiger partial charge is 0.495 e. The summed E-state index contributed by atoms with van der Waals surface area (Å²) in [7, 11) is 1.54. The van der Waals surface area contributed by atoms with Crippen LogP contribution in [0.4, 0.5) is 11.4 Å². The van der Waals surface area contributed by atoms with Gasteiger partial charge in [-0.2, -0.15) is 0 Å². The predicted octanol–water partition coefficient (Wildman–Crippen LogP) is 4.05. The summed E-state index contributed by atoms with van der Waals surface area (Å²) < 4.78 is 5.40. The molecule has 7 heteroatoms. The molecule has 7 nitrogen and oxygen atoms in total. The molecule has 0 unspecified atom stereocenters. The van der Waals surface area contributed by atoms with Gasteiger partial charge in [0.15, 0.2) is 0 Å². The molecule has 0 aliphatic carbocycles. The highest BCUT2D eigenvalue weighted by Crippen LogP contribution is 2.34. The topological polar surface area (TPSA) is 87.7 Å².